The Balaban J connectivity index is 2.07. The summed E-state index contributed by atoms with van der Waals surface area (Å²) in [5.74, 6) is 2.06. The van der Waals surface area contributed by atoms with Crippen molar-refractivity contribution < 1.29 is 19.4 Å². The molecule has 1 N–H and O–H groups in total. The van der Waals surface area contributed by atoms with Crippen molar-refractivity contribution in [2.75, 3.05) is 20.8 Å². The minimum Gasteiger partial charge on any atom is -0.497 e. The third kappa shape index (κ3) is 3.45. The second kappa shape index (κ2) is 7.70. The van der Waals surface area contributed by atoms with E-state index in [1.54, 1.807) is 20.3 Å². The average molecular weight is 389 g/mol. The van der Waals surface area contributed by atoms with E-state index in [9.17, 15) is 9.90 Å². The summed E-state index contributed by atoms with van der Waals surface area (Å²) in [6.07, 6.45) is 4.42. The first-order valence-electron chi connectivity index (χ1n) is 10.6. The van der Waals surface area contributed by atoms with Crippen LogP contribution in [0.2, 0.25) is 0 Å². The number of Topliss-reactive ketones (excluding diaryl/α,β-unsaturated/α-hetero) is 1. The van der Waals surface area contributed by atoms with E-state index in [0.29, 0.717) is 23.0 Å². The van der Waals surface area contributed by atoms with E-state index in [1.807, 2.05) is 12.1 Å². The van der Waals surface area contributed by atoms with Crippen molar-refractivity contribution in [2.45, 2.75) is 53.4 Å². The lowest BCUT2D eigenvalue weighted by molar-refractivity contribution is -0.109. The fourth-order valence-electron chi connectivity index (χ4n) is 6.42. The van der Waals surface area contributed by atoms with Gasteiger partial charge in [-0.2, -0.15) is 0 Å². The largest absolute Gasteiger partial charge is 0.497 e. The van der Waals surface area contributed by atoms with Crippen molar-refractivity contribution in [1.29, 1.82) is 0 Å². The minimum absolute atomic E-state index is 0.0553. The monoisotopic (exact) mass is 388 g/mol. The summed E-state index contributed by atoms with van der Waals surface area (Å²) in [6, 6.07) is 5.45. The predicted molar refractivity (Wildman–Crippen MR) is 111 cm³/mol. The number of ketones is 1. The second-order valence-electron chi connectivity index (χ2n) is 9.88. The molecule has 0 heterocycles. The number of fused-ring (bicyclic) bond motifs is 1. The summed E-state index contributed by atoms with van der Waals surface area (Å²) in [4.78, 5) is 13.9. The third-order valence-electron chi connectivity index (χ3n) is 7.95. The predicted octanol–water partition coefficient (Wildman–Crippen LogP) is 4.98. The highest BCUT2D eigenvalue weighted by molar-refractivity contribution is 5.99. The zero-order chi connectivity index (χ0) is 20.7. The van der Waals surface area contributed by atoms with Gasteiger partial charge in [0.1, 0.15) is 11.5 Å². The lowest BCUT2D eigenvalue weighted by Gasteiger charge is -2.60. The third-order valence-corrected chi connectivity index (χ3v) is 7.95. The van der Waals surface area contributed by atoms with Crippen LogP contribution < -0.4 is 9.47 Å². The Morgan fingerprint density at radius 3 is 2.25 bits per heavy atom. The smallest absolute Gasteiger partial charge is 0.167 e. The van der Waals surface area contributed by atoms with Gasteiger partial charge in [-0.25, -0.2) is 0 Å². The summed E-state index contributed by atoms with van der Waals surface area (Å²) < 4.78 is 10.8. The number of aliphatic hydroxyl groups is 1. The lowest BCUT2D eigenvalue weighted by atomic mass is 9.44. The van der Waals surface area contributed by atoms with Crippen LogP contribution >= 0.6 is 0 Å². The maximum atomic E-state index is 13.9. The number of hydrogen-bond acceptors (Lipinski definition) is 4. The highest BCUT2D eigenvalue weighted by atomic mass is 16.5. The van der Waals surface area contributed by atoms with Crippen LogP contribution in [0, 0.1) is 34.5 Å². The van der Waals surface area contributed by atoms with Crippen LogP contribution in [0.15, 0.2) is 18.2 Å². The van der Waals surface area contributed by atoms with Crippen LogP contribution in [-0.4, -0.2) is 31.7 Å². The Labute approximate surface area is 169 Å². The number of aliphatic hydroxyl groups excluding tert-OH is 1. The lowest BCUT2D eigenvalue weighted by Crippen LogP contribution is -2.56. The topological polar surface area (TPSA) is 55.8 Å². The molecule has 0 amide bonds. The maximum absolute atomic E-state index is 13.9. The van der Waals surface area contributed by atoms with Gasteiger partial charge in [0.25, 0.3) is 0 Å². The average Bonchev–Trinajstić information content (AvgIpc) is 2.66. The first kappa shape index (κ1) is 21.2. The van der Waals surface area contributed by atoms with Gasteiger partial charge < -0.3 is 14.6 Å². The standard InChI is InChI=1S/C24H36O4/c1-15-17(14-25)12-20-23(2,3)8-7-9-24(20,4)21(15)22(26)16-10-18(27-5)13-19(11-16)28-6/h10-11,13,15,17,20-21,25H,7-9,12,14H2,1-6H3/t15-,17?,20+,21-,24+/m1/s1. The van der Waals surface area contributed by atoms with E-state index in [-0.39, 0.29) is 41.0 Å². The Bertz CT molecular complexity index is 703. The Morgan fingerprint density at radius 1 is 1.11 bits per heavy atom. The van der Waals surface area contributed by atoms with Crippen molar-refractivity contribution in [1.82, 2.24) is 0 Å². The number of rotatable bonds is 5. The summed E-state index contributed by atoms with van der Waals surface area (Å²) in [6.45, 7) is 9.31. The van der Waals surface area contributed by atoms with Gasteiger partial charge in [0, 0.05) is 24.2 Å². The second-order valence-corrected chi connectivity index (χ2v) is 9.88. The fourth-order valence-corrected chi connectivity index (χ4v) is 6.42. The van der Waals surface area contributed by atoms with Gasteiger partial charge in [-0.05, 0) is 60.0 Å². The Morgan fingerprint density at radius 2 is 1.71 bits per heavy atom. The summed E-state index contributed by atoms with van der Waals surface area (Å²) in [7, 11) is 3.21. The van der Waals surface area contributed by atoms with Crippen molar-refractivity contribution in [3.63, 3.8) is 0 Å². The first-order valence-corrected chi connectivity index (χ1v) is 10.6. The number of ether oxygens (including phenoxy) is 2. The van der Waals surface area contributed by atoms with E-state index in [4.69, 9.17) is 9.47 Å². The molecule has 1 unspecified atom stereocenters. The zero-order valence-corrected chi connectivity index (χ0v) is 18.2. The molecule has 2 saturated carbocycles. The minimum atomic E-state index is -0.111. The van der Waals surface area contributed by atoms with E-state index < -0.39 is 0 Å². The van der Waals surface area contributed by atoms with Crippen molar-refractivity contribution in [3.8, 4) is 11.5 Å². The molecule has 1 aromatic rings. The number of methoxy groups -OCH3 is 2. The van der Waals surface area contributed by atoms with Crippen LogP contribution in [0.4, 0.5) is 0 Å². The van der Waals surface area contributed by atoms with E-state index in [0.717, 1.165) is 19.3 Å². The molecular weight excluding hydrogens is 352 g/mol. The fraction of sp³-hybridized carbons (Fsp3) is 0.708. The Hall–Kier alpha value is -1.55. The molecule has 4 nitrogen and oxygen atoms in total. The molecule has 0 saturated heterocycles. The molecule has 156 valence electrons. The number of carbonyl (C=O) groups excluding carboxylic acids is 1. The normalized spacial score (nSPS) is 34.4. The highest BCUT2D eigenvalue weighted by Gasteiger charge is 2.58. The molecular formula is C24H36O4. The molecule has 28 heavy (non-hydrogen) atoms. The summed E-state index contributed by atoms with van der Waals surface area (Å²) >= 11 is 0. The molecule has 5 atom stereocenters. The number of carbonyl (C=O) groups is 1. The molecule has 0 aliphatic heterocycles. The SMILES string of the molecule is COc1cc(OC)cc(C(=O)[C@H]2[C@H](C)C(CO)C[C@H]3C(C)(C)CCC[C@]23C)c1. The van der Waals surface area contributed by atoms with Crippen LogP contribution in [0.1, 0.15) is 63.7 Å². The molecule has 3 rings (SSSR count). The van der Waals surface area contributed by atoms with E-state index in [1.165, 1.54) is 6.42 Å². The molecule has 2 aliphatic rings. The zero-order valence-electron chi connectivity index (χ0n) is 18.2. The van der Waals surface area contributed by atoms with Gasteiger partial charge in [0.05, 0.1) is 14.2 Å². The molecule has 0 bridgehead atoms. The van der Waals surface area contributed by atoms with Crippen molar-refractivity contribution >= 4 is 5.78 Å². The summed E-state index contributed by atoms with van der Waals surface area (Å²) in [5.41, 5.74) is 0.778. The quantitative estimate of drug-likeness (QED) is 0.723. The highest BCUT2D eigenvalue weighted by Crippen LogP contribution is 2.62. The van der Waals surface area contributed by atoms with Crippen molar-refractivity contribution in [2.24, 2.45) is 34.5 Å². The molecule has 2 fully saturated rings. The number of hydrogen-bond donors (Lipinski definition) is 1. The maximum Gasteiger partial charge on any atom is 0.167 e. The van der Waals surface area contributed by atoms with Gasteiger partial charge in [-0.3, -0.25) is 4.79 Å². The molecule has 0 spiro atoms. The van der Waals surface area contributed by atoms with Crippen LogP contribution in [-0.2, 0) is 0 Å². The van der Waals surface area contributed by atoms with E-state index in [2.05, 4.69) is 27.7 Å². The van der Waals surface area contributed by atoms with Crippen LogP contribution in [0.3, 0.4) is 0 Å². The molecule has 4 heteroatoms. The first-order chi connectivity index (χ1) is 13.2. The van der Waals surface area contributed by atoms with Gasteiger partial charge in [0.2, 0.25) is 0 Å². The van der Waals surface area contributed by atoms with E-state index >= 15 is 0 Å². The number of benzene rings is 1. The van der Waals surface area contributed by atoms with Crippen LogP contribution in [0.5, 0.6) is 11.5 Å². The molecule has 0 aromatic heterocycles. The van der Waals surface area contributed by atoms with Gasteiger partial charge in [-0.1, -0.05) is 34.1 Å². The van der Waals surface area contributed by atoms with Gasteiger partial charge in [-0.15, -0.1) is 0 Å². The summed E-state index contributed by atoms with van der Waals surface area (Å²) in [5, 5.41) is 10.1. The van der Waals surface area contributed by atoms with Gasteiger partial charge in [0.15, 0.2) is 5.78 Å². The molecule has 1 aromatic carbocycles. The van der Waals surface area contributed by atoms with Crippen LogP contribution in [0.25, 0.3) is 0 Å². The Kier molecular flexibility index (Phi) is 5.82. The van der Waals surface area contributed by atoms with Gasteiger partial charge >= 0.3 is 0 Å². The van der Waals surface area contributed by atoms with Crippen molar-refractivity contribution in [3.05, 3.63) is 23.8 Å². The molecule has 2 aliphatic carbocycles. The molecule has 0 radical (unpaired) electrons.